The van der Waals surface area contributed by atoms with Gasteiger partial charge in [0.25, 0.3) is 0 Å². The monoisotopic (exact) mass is 354 g/mol. The van der Waals surface area contributed by atoms with Crippen molar-refractivity contribution >= 4 is 22.6 Å². The third kappa shape index (κ3) is 3.68. The van der Waals surface area contributed by atoms with Gasteiger partial charge in [-0.2, -0.15) is 4.98 Å². The molecule has 1 aromatic carbocycles. The molecule has 0 atom stereocenters. The Morgan fingerprint density at radius 3 is 2.81 bits per heavy atom. The molecule has 0 bridgehead atoms. The van der Waals surface area contributed by atoms with Gasteiger partial charge in [0.15, 0.2) is 0 Å². The molecule has 0 N–H and O–H groups in total. The minimum atomic E-state index is -1.53. The molecule has 0 unspecified atom stereocenters. The van der Waals surface area contributed by atoms with Gasteiger partial charge < -0.3 is 9.64 Å². The Bertz CT molecular complexity index is 948. The van der Waals surface area contributed by atoms with Crippen LogP contribution in [0.5, 0.6) is 0 Å². The predicted molar refractivity (Wildman–Crippen MR) is 106 cm³/mol. The van der Waals surface area contributed by atoms with Crippen molar-refractivity contribution in [3.8, 4) is 0 Å². The predicted octanol–water partition coefficient (Wildman–Crippen LogP) is 4.16. The molecule has 138 valence electrons. The van der Waals surface area contributed by atoms with Gasteiger partial charge in [0.2, 0.25) is 5.78 Å². The van der Waals surface area contributed by atoms with E-state index in [1.165, 1.54) is 0 Å². The summed E-state index contributed by atoms with van der Waals surface area (Å²) in [5.74, 6) is 2.17. The van der Waals surface area contributed by atoms with E-state index >= 15 is 0 Å². The van der Waals surface area contributed by atoms with Gasteiger partial charge >= 0.3 is 0 Å². The van der Waals surface area contributed by atoms with Crippen LogP contribution in [-0.2, 0) is 4.74 Å². The van der Waals surface area contributed by atoms with Crippen LogP contribution in [0.3, 0.4) is 0 Å². The largest absolute Gasteiger partial charge is 0.381 e. The van der Waals surface area contributed by atoms with Gasteiger partial charge in [-0.05, 0) is 49.3 Å². The van der Waals surface area contributed by atoms with Crippen LogP contribution in [-0.4, -0.2) is 40.6 Å². The number of para-hydroxylation sites is 2. The van der Waals surface area contributed by atoms with Crippen molar-refractivity contribution < 1.29 is 7.48 Å². The highest BCUT2D eigenvalue weighted by Gasteiger charge is 2.20. The zero-order valence-electron chi connectivity index (χ0n) is 17.6. The molecule has 0 amide bonds. The van der Waals surface area contributed by atoms with Crippen LogP contribution in [0.2, 0.25) is 0 Å². The molecule has 2 aromatic heterocycles. The van der Waals surface area contributed by atoms with E-state index in [0.29, 0.717) is 12.5 Å². The number of anilines is 1. The Kier molecular flexibility index (Phi) is 4.39. The van der Waals surface area contributed by atoms with Crippen molar-refractivity contribution in [1.82, 2.24) is 14.4 Å². The molecule has 1 aliphatic rings. The molecule has 0 aliphatic carbocycles. The number of fused-ring (bicyclic) bond motifs is 3. The van der Waals surface area contributed by atoms with Gasteiger partial charge in [-0.1, -0.05) is 26.0 Å². The maximum atomic E-state index is 7.87. The van der Waals surface area contributed by atoms with Gasteiger partial charge in [0.1, 0.15) is 5.82 Å². The van der Waals surface area contributed by atoms with Gasteiger partial charge in [0.05, 0.1) is 13.8 Å². The van der Waals surface area contributed by atoms with E-state index in [4.69, 9.17) is 12.5 Å². The van der Waals surface area contributed by atoms with Crippen molar-refractivity contribution in [2.45, 2.75) is 33.1 Å². The minimum Gasteiger partial charge on any atom is -0.381 e. The first-order valence-corrected chi connectivity index (χ1v) is 9.57. The molecule has 0 radical (unpaired) electrons. The van der Waals surface area contributed by atoms with Crippen LogP contribution in [0.25, 0.3) is 16.8 Å². The summed E-state index contributed by atoms with van der Waals surface area (Å²) in [6, 6.07) is 10.2. The summed E-state index contributed by atoms with van der Waals surface area (Å²) in [5, 5.41) is 0. The van der Waals surface area contributed by atoms with E-state index in [1.54, 1.807) is 0 Å². The lowest BCUT2D eigenvalue weighted by atomic mass is 9.94. The molecule has 26 heavy (non-hydrogen) atoms. The second-order valence-corrected chi connectivity index (χ2v) is 7.40. The molecule has 1 saturated heterocycles. The van der Waals surface area contributed by atoms with Gasteiger partial charge in [0, 0.05) is 32.5 Å². The lowest BCUT2D eigenvalue weighted by Gasteiger charge is -2.32. The lowest BCUT2D eigenvalue weighted by molar-refractivity contribution is 0.0949. The van der Waals surface area contributed by atoms with E-state index < -0.39 is 6.56 Å². The average Bonchev–Trinajstić information content (AvgIpc) is 3.06. The van der Waals surface area contributed by atoms with Crippen molar-refractivity contribution in [2.24, 2.45) is 11.8 Å². The van der Waals surface area contributed by atoms with Crippen molar-refractivity contribution in [1.29, 1.82) is 0 Å². The zero-order valence-corrected chi connectivity index (χ0v) is 15.6. The third-order valence-electron chi connectivity index (χ3n) is 5.05. The van der Waals surface area contributed by atoms with Crippen molar-refractivity contribution in [2.75, 3.05) is 31.2 Å². The number of ether oxygens (including phenoxy) is 1. The van der Waals surface area contributed by atoms with Crippen LogP contribution in [0.4, 0.5) is 5.82 Å². The van der Waals surface area contributed by atoms with Crippen LogP contribution in [0.15, 0.2) is 36.5 Å². The van der Waals surface area contributed by atoms with Crippen molar-refractivity contribution in [3.05, 3.63) is 36.5 Å². The Hall–Kier alpha value is -2.14. The maximum Gasteiger partial charge on any atom is 0.236 e. The quantitative estimate of drug-likeness (QED) is 0.666. The Balaban J connectivity index is 1.35. The number of hydrogen-bond donors (Lipinski definition) is 0. The van der Waals surface area contributed by atoms with Gasteiger partial charge in [-0.25, -0.2) is 4.98 Å². The zero-order chi connectivity index (χ0) is 19.7. The first-order valence-electron chi connectivity index (χ1n) is 10.6. The van der Waals surface area contributed by atoms with Crippen LogP contribution < -0.4 is 4.90 Å². The van der Waals surface area contributed by atoms with E-state index in [0.717, 1.165) is 55.0 Å². The summed E-state index contributed by atoms with van der Waals surface area (Å²) < 4.78 is 23.2. The SMILES string of the molecule is [2H]C([2H])(OCCC1CCN(c2ccn3c(n2)nc2ccccc23)CC1)C(C)C. The van der Waals surface area contributed by atoms with E-state index in [9.17, 15) is 0 Å². The third-order valence-corrected chi connectivity index (χ3v) is 5.05. The van der Waals surface area contributed by atoms with Crippen LogP contribution in [0.1, 0.15) is 35.9 Å². The highest BCUT2D eigenvalue weighted by molar-refractivity contribution is 5.79. The molecule has 5 nitrogen and oxygen atoms in total. The minimum absolute atomic E-state index is 0.130. The fourth-order valence-corrected chi connectivity index (χ4v) is 3.62. The Morgan fingerprint density at radius 2 is 2.00 bits per heavy atom. The number of rotatable bonds is 6. The first kappa shape index (κ1) is 15.0. The summed E-state index contributed by atoms with van der Waals surface area (Å²) in [6.45, 7) is 4.58. The molecular formula is C21H28N4O. The summed E-state index contributed by atoms with van der Waals surface area (Å²) in [7, 11) is 0. The summed E-state index contributed by atoms with van der Waals surface area (Å²) in [5.41, 5.74) is 2.05. The molecule has 3 aromatic rings. The normalized spacial score (nSPS) is 17.9. The fourth-order valence-electron chi connectivity index (χ4n) is 3.62. The number of hydrogen-bond acceptors (Lipinski definition) is 4. The average molecular weight is 354 g/mol. The number of benzene rings is 1. The van der Waals surface area contributed by atoms with E-state index in [1.807, 2.05) is 36.4 Å². The maximum absolute atomic E-state index is 7.87. The molecule has 1 fully saturated rings. The second kappa shape index (κ2) is 7.62. The Labute approximate surface area is 157 Å². The van der Waals surface area contributed by atoms with E-state index in [2.05, 4.69) is 28.2 Å². The molecule has 3 heterocycles. The summed E-state index contributed by atoms with van der Waals surface area (Å²) in [4.78, 5) is 11.7. The highest BCUT2D eigenvalue weighted by Crippen LogP contribution is 2.25. The fraction of sp³-hybridized carbons (Fsp3) is 0.524. The highest BCUT2D eigenvalue weighted by atomic mass is 16.5. The molecule has 5 heteroatoms. The lowest BCUT2D eigenvalue weighted by Crippen LogP contribution is -2.34. The van der Waals surface area contributed by atoms with E-state index in [-0.39, 0.29) is 5.92 Å². The smallest absolute Gasteiger partial charge is 0.236 e. The molecule has 0 saturated carbocycles. The van der Waals surface area contributed by atoms with Crippen LogP contribution >= 0.6 is 0 Å². The molecule has 1 aliphatic heterocycles. The topological polar surface area (TPSA) is 42.7 Å². The Morgan fingerprint density at radius 1 is 1.19 bits per heavy atom. The number of piperidine rings is 1. The number of aromatic nitrogens is 3. The second-order valence-electron chi connectivity index (χ2n) is 7.40. The molecule has 0 spiro atoms. The summed E-state index contributed by atoms with van der Waals surface area (Å²) in [6.07, 6.45) is 5.13. The first-order chi connectivity index (χ1) is 13.4. The molecular weight excluding hydrogens is 324 g/mol. The van der Waals surface area contributed by atoms with Gasteiger partial charge in [-0.3, -0.25) is 4.40 Å². The van der Waals surface area contributed by atoms with Gasteiger partial charge in [-0.15, -0.1) is 0 Å². The number of imidazole rings is 1. The standard InChI is InChI=1S/C21H28N4O/c1-16(2)15-26-14-10-17-7-11-24(12-8-17)20-9-13-25-19-6-4-3-5-18(19)22-21(25)23-20/h3-6,9,13,16-17H,7-8,10-12,14-15H2,1-2H3/i15D2. The van der Waals surface area contributed by atoms with Crippen molar-refractivity contribution in [3.63, 3.8) is 0 Å². The molecule has 4 rings (SSSR count). The van der Waals surface area contributed by atoms with Crippen LogP contribution in [0, 0.1) is 11.8 Å². The number of nitrogens with zero attached hydrogens (tertiary/aromatic N) is 4. The summed E-state index contributed by atoms with van der Waals surface area (Å²) >= 11 is 0.